The van der Waals surface area contributed by atoms with Crippen LogP contribution in [0.5, 0.6) is 0 Å². The van der Waals surface area contributed by atoms with Crippen molar-refractivity contribution in [1.82, 2.24) is 0 Å². The molecule has 1 rings (SSSR count). The second kappa shape index (κ2) is 29.5. The van der Waals surface area contributed by atoms with E-state index in [1.54, 1.807) is 0 Å². The molecule has 0 N–H and O–H groups in total. The van der Waals surface area contributed by atoms with Gasteiger partial charge in [-0.2, -0.15) is 0 Å². The third kappa shape index (κ3) is 17.0. The molecule has 1 aliphatic heterocycles. The van der Waals surface area contributed by atoms with Crippen LogP contribution >= 0.6 is 0 Å². The van der Waals surface area contributed by atoms with E-state index >= 15 is 0 Å². The number of unbranched alkanes of at least 4 members (excludes halogenated alkanes) is 21. The van der Waals surface area contributed by atoms with Crippen LogP contribution in [0.2, 0.25) is 0 Å². The van der Waals surface area contributed by atoms with E-state index in [9.17, 15) is 0 Å². The molecule has 288 valence electrons. The van der Waals surface area contributed by atoms with E-state index < -0.39 is 0 Å². The van der Waals surface area contributed by atoms with Gasteiger partial charge in [0.2, 0.25) is 0 Å². The van der Waals surface area contributed by atoms with Crippen molar-refractivity contribution in [3.05, 3.63) is 0 Å². The normalized spacial score (nSPS) is 18.4. The summed E-state index contributed by atoms with van der Waals surface area (Å²) in [6.07, 6.45) is 45.9. The minimum absolute atomic E-state index is 0.112. The van der Waals surface area contributed by atoms with Gasteiger partial charge in [-0.25, -0.2) is 0 Å². The summed E-state index contributed by atoms with van der Waals surface area (Å²) in [5, 5.41) is 0. The molecule has 0 aromatic rings. The maximum Gasteiger partial charge on any atom is 0.0979 e. The highest BCUT2D eigenvalue weighted by Crippen LogP contribution is 2.56. The molecule has 1 saturated heterocycles. The van der Waals surface area contributed by atoms with Crippen molar-refractivity contribution in [1.29, 1.82) is 0 Å². The molecule has 0 spiro atoms. The summed E-state index contributed by atoms with van der Waals surface area (Å²) in [5.41, 5.74) is -0.374. The SMILES string of the molecule is CCCCCCC1OC(CCCCCC)(CCCCCC)C(CCCCCC)(CCCCCC)OC1(CCCCCC)CCCCCC. The van der Waals surface area contributed by atoms with Gasteiger partial charge < -0.3 is 9.47 Å². The van der Waals surface area contributed by atoms with E-state index in [2.05, 4.69) is 48.5 Å². The van der Waals surface area contributed by atoms with E-state index in [0.717, 1.165) is 0 Å². The molecule has 0 aromatic heterocycles. The molecule has 1 heterocycles. The topological polar surface area (TPSA) is 18.5 Å². The zero-order valence-electron chi connectivity index (χ0n) is 34.6. The summed E-state index contributed by atoms with van der Waals surface area (Å²) in [5.74, 6) is 0. The lowest BCUT2D eigenvalue weighted by molar-refractivity contribution is -0.367. The zero-order valence-corrected chi connectivity index (χ0v) is 34.6. The smallest absolute Gasteiger partial charge is 0.0979 e. The highest BCUT2D eigenvalue weighted by molar-refractivity contribution is 5.11. The molecule has 1 unspecified atom stereocenters. The molecule has 2 heteroatoms. The lowest BCUT2D eigenvalue weighted by Crippen LogP contribution is -2.70. The second-order valence-electron chi connectivity index (χ2n) is 16.5. The molecule has 1 fully saturated rings. The van der Waals surface area contributed by atoms with Crippen molar-refractivity contribution in [2.45, 2.75) is 296 Å². The summed E-state index contributed by atoms with van der Waals surface area (Å²) < 4.78 is 16.5. The first-order chi connectivity index (χ1) is 23.5. The van der Waals surface area contributed by atoms with Gasteiger partial charge >= 0.3 is 0 Å². The average molecular weight is 677 g/mol. The Morgan fingerprint density at radius 1 is 0.312 bits per heavy atom. The van der Waals surface area contributed by atoms with E-state index in [0.29, 0.717) is 0 Å². The summed E-state index contributed by atoms with van der Waals surface area (Å²) in [7, 11) is 0. The minimum Gasteiger partial charge on any atom is -0.366 e. The van der Waals surface area contributed by atoms with Crippen molar-refractivity contribution >= 4 is 0 Å². The van der Waals surface area contributed by atoms with E-state index in [1.165, 1.54) is 225 Å². The van der Waals surface area contributed by atoms with Crippen molar-refractivity contribution in [3.63, 3.8) is 0 Å². The molecule has 0 amide bonds. The summed E-state index contributed by atoms with van der Waals surface area (Å²) in [4.78, 5) is 0. The minimum atomic E-state index is -0.137. The van der Waals surface area contributed by atoms with Crippen molar-refractivity contribution in [2.24, 2.45) is 0 Å². The third-order valence-corrected chi connectivity index (χ3v) is 12.1. The molecule has 0 radical (unpaired) electrons. The zero-order chi connectivity index (χ0) is 35.2. The lowest BCUT2D eigenvalue weighted by atomic mass is 9.66. The fourth-order valence-corrected chi connectivity index (χ4v) is 9.09. The van der Waals surface area contributed by atoms with Gasteiger partial charge in [0.05, 0.1) is 22.9 Å². The summed E-state index contributed by atoms with van der Waals surface area (Å²) >= 11 is 0. The van der Waals surface area contributed by atoms with Crippen molar-refractivity contribution in [3.8, 4) is 0 Å². The molecular formula is C46H92O2. The Morgan fingerprint density at radius 2 is 0.604 bits per heavy atom. The lowest BCUT2D eigenvalue weighted by Gasteiger charge is -2.63. The fourth-order valence-electron chi connectivity index (χ4n) is 9.09. The Morgan fingerprint density at radius 3 is 0.938 bits per heavy atom. The fraction of sp³-hybridized carbons (Fsp3) is 1.00. The Labute approximate surface area is 304 Å². The Hall–Kier alpha value is -0.0800. The van der Waals surface area contributed by atoms with Gasteiger partial charge in [-0.15, -0.1) is 0 Å². The van der Waals surface area contributed by atoms with Gasteiger partial charge in [-0.1, -0.05) is 228 Å². The first-order valence-electron chi connectivity index (χ1n) is 22.9. The van der Waals surface area contributed by atoms with Crippen LogP contribution in [0.4, 0.5) is 0 Å². The molecule has 48 heavy (non-hydrogen) atoms. The van der Waals surface area contributed by atoms with Crippen LogP contribution in [-0.4, -0.2) is 22.9 Å². The molecule has 1 atom stereocenters. The number of rotatable bonds is 35. The second-order valence-corrected chi connectivity index (χ2v) is 16.5. The van der Waals surface area contributed by atoms with Crippen LogP contribution in [0.3, 0.4) is 0 Å². The maximum absolute atomic E-state index is 8.36. The van der Waals surface area contributed by atoms with E-state index in [1.807, 2.05) is 0 Å². The molecular weight excluding hydrogens is 585 g/mol. The van der Waals surface area contributed by atoms with Gasteiger partial charge in [0.25, 0.3) is 0 Å². The summed E-state index contributed by atoms with van der Waals surface area (Å²) in [6, 6.07) is 0. The maximum atomic E-state index is 8.36. The van der Waals surface area contributed by atoms with Crippen molar-refractivity contribution < 1.29 is 9.47 Å². The predicted molar refractivity (Wildman–Crippen MR) is 215 cm³/mol. The molecule has 0 aromatic carbocycles. The quantitative estimate of drug-likeness (QED) is 0.0622. The van der Waals surface area contributed by atoms with Gasteiger partial charge in [-0.05, 0) is 44.9 Å². The Bertz CT molecular complexity index is 650. The number of hydrogen-bond acceptors (Lipinski definition) is 2. The third-order valence-electron chi connectivity index (χ3n) is 12.1. The highest BCUT2D eigenvalue weighted by Gasteiger charge is 2.62. The van der Waals surface area contributed by atoms with Crippen LogP contribution in [0.1, 0.15) is 273 Å². The van der Waals surface area contributed by atoms with Gasteiger partial charge in [-0.3, -0.25) is 0 Å². The van der Waals surface area contributed by atoms with Gasteiger partial charge in [0.1, 0.15) is 0 Å². The average Bonchev–Trinajstić information content (AvgIpc) is 3.09. The van der Waals surface area contributed by atoms with E-state index in [-0.39, 0.29) is 22.9 Å². The Kier molecular flexibility index (Phi) is 28.2. The van der Waals surface area contributed by atoms with Crippen LogP contribution < -0.4 is 0 Å². The molecule has 0 bridgehead atoms. The first-order valence-corrected chi connectivity index (χ1v) is 22.9. The molecule has 0 saturated carbocycles. The standard InChI is InChI=1S/C46H92O2/c1-8-15-22-29-36-43-44(37-30-23-16-9-2,38-31-24-17-10-3)48-46(41-34-27-20-13-6,42-35-28-21-14-7)45(47-43,39-32-25-18-11-4)40-33-26-19-12-5/h43H,8-42H2,1-7H3. The molecule has 2 nitrogen and oxygen atoms in total. The first kappa shape index (κ1) is 45.9. The predicted octanol–water partition coefficient (Wildman–Crippen LogP) is 16.4. The Balaban J connectivity index is 3.82. The van der Waals surface area contributed by atoms with Crippen LogP contribution in [0.15, 0.2) is 0 Å². The van der Waals surface area contributed by atoms with Gasteiger partial charge in [0, 0.05) is 0 Å². The van der Waals surface area contributed by atoms with Crippen molar-refractivity contribution in [2.75, 3.05) is 0 Å². The molecule has 1 aliphatic rings. The number of ether oxygens (including phenoxy) is 2. The van der Waals surface area contributed by atoms with E-state index in [4.69, 9.17) is 9.47 Å². The number of hydrogen-bond donors (Lipinski definition) is 0. The van der Waals surface area contributed by atoms with Crippen LogP contribution in [0.25, 0.3) is 0 Å². The van der Waals surface area contributed by atoms with Crippen LogP contribution in [0, 0.1) is 0 Å². The largest absolute Gasteiger partial charge is 0.366 e. The summed E-state index contributed by atoms with van der Waals surface area (Å²) in [6.45, 7) is 16.5. The van der Waals surface area contributed by atoms with Gasteiger partial charge in [0.15, 0.2) is 0 Å². The van der Waals surface area contributed by atoms with Crippen LogP contribution in [-0.2, 0) is 9.47 Å². The molecule has 0 aliphatic carbocycles. The monoisotopic (exact) mass is 677 g/mol. The highest BCUT2D eigenvalue weighted by atomic mass is 16.6.